The Bertz CT molecular complexity index is 657. The van der Waals surface area contributed by atoms with Gasteiger partial charge in [0.05, 0.1) is 25.2 Å². The number of likely N-dealkylation sites (N-methyl/N-ethyl adjacent to an activating group) is 1. The summed E-state index contributed by atoms with van der Waals surface area (Å²) < 4.78 is 5.21. The fourth-order valence-electron chi connectivity index (χ4n) is 4.25. The van der Waals surface area contributed by atoms with Gasteiger partial charge in [-0.1, -0.05) is 47.1 Å². The fraction of sp³-hybridized carbons (Fsp3) is 0.821. The molecule has 0 aromatic rings. The number of ether oxygens (including phenoxy) is 1. The first-order valence-electron chi connectivity index (χ1n) is 13.6. The normalized spacial score (nSPS) is 19.1. The van der Waals surface area contributed by atoms with E-state index in [1.54, 1.807) is 26.0 Å². The minimum absolute atomic E-state index is 0.00272. The van der Waals surface area contributed by atoms with E-state index in [1.165, 1.54) is 32.4 Å². The number of methoxy groups -OCH3 is 1. The molecule has 2 aliphatic rings. The predicted molar refractivity (Wildman–Crippen MR) is 148 cm³/mol. The summed E-state index contributed by atoms with van der Waals surface area (Å²) in [6.45, 7) is 16.2. The van der Waals surface area contributed by atoms with Gasteiger partial charge in [0.15, 0.2) is 0 Å². The molecule has 0 aromatic heterocycles. The summed E-state index contributed by atoms with van der Waals surface area (Å²) in [5, 5.41) is 2.38. The average Bonchev–Trinajstić information content (AvgIpc) is 3.28. The van der Waals surface area contributed by atoms with Gasteiger partial charge in [0.1, 0.15) is 0 Å². The Morgan fingerprint density at radius 1 is 1.06 bits per heavy atom. The van der Waals surface area contributed by atoms with Crippen molar-refractivity contribution in [1.29, 1.82) is 0 Å². The molecule has 0 radical (unpaired) electrons. The smallest absolute Gasteiger partial charge is 0.249 e. The molecular formula is C28H54N4O4. The lowest BCUT2D eigenvalue weighted by molar-refractivity contribution is -0.132. The van der Waals surface area contributed by atoms with Gasteiger partial charge in [-0.25, -0.2) is 0 Å². The van der Waals surface area contributed by atoms with Crippen LogP contribution < -0.4 is 5.32 Å². The molecule has 0 bridgehead atoms. The summed E-state index contributed by atoms with van der Waals surface area (Å²) >= 11 is 0. The van der Waals surface area contributed by atoms with Crippen LogP contribution in [0.25, 0.3) is 0 Å². The maximum atomic E-state index is 12.8. The van der Waals surface area contributed by atoms with Gasteiger partial charge in [-0.3, -0.25) is 14.4 Å². The van der Waals surface area contributed by atoms with E-state index in [2.05, 4.69) is 38.0 Å². The summed E-state index contributed by atoms with van der Waals surface area (Å²) in [6.07, 6.45) is 8.57. The molecule has 2 heterocycles. The molecule has 0 saturated carbocycles. The molecular weight excluding hydrogens is 456 g/mol. The van der Waals surface area contributed by atoms with Crippen LogP contribution in [-0.4, -0.2) is 99.0 Å². The van der Waals surface area contributed by atoms with Crippen molar-refractivity contribution in [3.63, 3.8) is 0 Å². The third-order valence-electron chi connectivity index (χ3n) is 6.20. The van der Waals surface area contributed by atoms with Gasteiger partial charge >= 0.3 is 0 Å². The molecule has 0 aliphatic carbocycles. The van der Waals surface area contributed by atoms with E-state index in [4.69, 9.17) is 4.74 Å². The summed E-state index contributed by atoms with van der Waals surface area (Å²) in [5.41, 5.74) is 0.629. The van der Waals surface area contributed by atoms with E-state index in [0.717, 1.165) is 25.3 Å². The quantitative estimate of drug-likeness (QED) is 0.379. The molecule has 3 amide bonds. The van der Waals surface area contributed by atoms with Crippen molar-refractivity contribution < 1.29 is 19.1 Å². The standard InChI is InChI=1S/C18H31N3O4.C6H13N.C4H10/c1-13(2)16(20(4)17(23)10-19-12-22)9-14(3)18(24)21-8-6-7-15(21)11-25-5;1-7-5-3-2-4-6-7;1-4(2)3/h9,12-13,15-16H,6-8,10-11H2,1-5H3,(H,19,22);2-6H2,1H3;4H,1-3H3/b14-9+;;/t15-,16+;;/m0../s1. The molecule has 0 spiro atoms. The first kappa shape index (κ1) is 34.1. The average molecular weight is 511 g/mol. The Labute approximate surface area is 220 Å². The molecule has 8 heteroatoms. The number of nitrogens with one attached hydrogen (secondary N) is 1. The number of piperidine rings is 1. The molecule has 8 nitrogen and oxygen atoms in total. The molecule has 2 aliphatic heterocycles. The second-order valence-corrected chi connectivity index (χ2v) is 10.9. The van der Waals surface area contributed by atoms with Crippen molar-refractivity contribution in [2.75, 3.05) is 54.0 Å². The van der Waals surface area contributed by atoms with E-state index < -0.39 is 0 Å². The first-order chi connectivity index (χ1) is 17.0. The van der Waals surface area contributed by atoms with Crippen LogP contribution in [0.1, 0.15) is 73.6 Å². The topological polar surface area (TPSA) is 82.2 Å². The third kappa shape index (κ3) is 14.0. The molecule has 0 unspecified atom stereocenters. The number of carbonyl (C=O) groups excluding carboxylic acids is 3. The molecule has 210 valence electrons. The minimum Gasteiger partial charge on any atom is -0.383 e. The highest BCUT2D eigenvalue weighted by molar-refractivity contribution is 5.93. The van der Waals surface area contributed by atoms with E-state index >= 15 is 0 Å². The number of hydrogen-bond acceptors (Lipinski definition) is 5. The highest BCUT2D eigenvalue weighted by atomic mass is 16.5. The number of likely N-dealkylation sites (tertiary alicyclic amines) is 2. The van der Waals surface area contributed by atoms with Crippen molar-refractivity contribution in [3.05, 3.63) is 11.6 Å². The lowest BCUT2D eigenvalue weighted by atomic mass is 9.99. The van der Waals surface area contributed by atoms with Gasteiger partial charge in [0.2, 0.25) is 18.2 Å². The van der Waals surface area contributed by atoms with E-state index in [1.807, 2.05) is 24.8 Å². The largest absolute Gasteiger partial charge is 0.383 e. The number of hydrogen-bond donors (Lipinski definition) is 1. The third-order valence-corrected chi connectivity index (χ3v) is 6.20. The highest BCUT2D eigenvalue weighted by Gasteiger charge is 2.30. The number of rotatable bonds is 9. The lowest BCUT2D eigenvalue weighted by Gasteiger charge is -2.30. The second kappa shape index (κ2) is 19.2. The summed E-state index contributed by atoms with van der Waals surface area (Å²) in [5.74, 6) is 0.777. The van der Waals surface area contributed by atoms with Crippen molar-refractivity contribution in [1.82, 2.24) is 20.0 Å². The highest BCUT2D eigenvalue weighted by Crippen LogP contribution is 2.21. The maximum absolute atomic E-state index is 12.8. The van der Waals surface area contributed by atoms with Gasteiger partial charge < -0.3 is 24.8 Å². The van der Waals surface area contributed by atoms with Gasteiger partial charge in [-0.05, 0) is 64.6 Å². The number of nitrogens with zero attached hydrogens (tertiary/aromatic N) is 3. The Balaban J connectivity index is 0.000000913. The van der Waals surface area contributed by atoms with Crippen LogP contribution >= 0.6 is 0 Å². The van der Waals surface area contributed by atoms with Crippen molar-refractivity contribution in [3.8, 4) is 0 Å². The molecule has 2 rings (SSSR count). The maximum Gasteiger partial charge on any atom is 0.249 e. The molecule has 36 heavy (non-hydrogen) atoms. The van der Waals surface area contributed by atoms with Crippen molar-refractivity contribution in [2.45, 2.75) is 85.7 Å². The zero-order chi connectivity index (χ0) is 27.7. The van der Waals surface area contributed by atoms with Gasteiger partial charge in [-0.2, -0.15) is 0 Å². The van der Waals surface area contributed by atoms with Gasteiger partial charge in [0, 0.05) is 26.3 Å². The van der Waals surface area contributed by atoms with Crippen LogP contribution in [-0.2, 0) is 19.1 Å². The van der Waals surface area contributed by atoms with E-state index in [-0.39, 0.29) is 36.4 Å². The predicted octanol–water partition coefficient (Wildman–Crippen LogP) is 3.56. The monoisotopic (exact) mass is 510 g/mol. The van der Waals surface area contributed by atoms with E-state index in [9.17, 15) is 14.4 Å². The molecule has 2 atom stereocenters. The summed E-state index contributed by atoms with van der Waals surface area (Å²) in [4.78, 5) is 41.2. The second-order valence-electron chi connectivity index (χ2n) is 10.9. The van der Waals surface area contributed by atoms with Crippen LogP contribution in [0, 0.1) is 11.8 Å². The minimum atomic E-state index is -0.214. The molecule has 2 saturated heterocycles. The summed E-state index contributed by atoms with van der Waals surface area (Å²) in [6, 6.07) is -0.0946. The lowest BCUT2D eigenvalue weighted by Crippen LogP contribution is -2.44. The zero-order valence-corrected chi connectivity index (χ0v) is 24.5. The Morgan fingerprint density at radius 2 is 1.64 bits per heavy atom. The Hall–Kier alpha value is -1.93. The van der Waals surface area contributed by atoms with E-state index in [0.29, 0.717) is 18.6 Å². The van der Waals surface area contributed by atoms with Crippen molar-refractivity contribution >= 4 is 18.2 Å². The first-order valence-corrected chi connectivity index (χ1v) is 13.6. The van der Waals surface area contributed by atoms with Crippen LogP contribution in [0.4, 0.5) is 0 Å². The van der Waals surface area contributed by atoms with Crippen LogP contribution in [0.15, 0.2) is 11.6 Å². The Kier molecular flexibility index (Phi) is 18.2. The number of carbonyl (C=O) groups is 3. The van der Waals surface area contributed by atoms with Crippen molar-refractivity contribution in [2.24, 2.45) is 11.8 Å². The van der Waals surface area contributed by atoms with Gasteiger partial charge in [0.25, 0.3) is 0 Å². The molecule has 0 aromatic carbocycles. The molecule has 1 N–H and O–H groups in total. The summed E-state index contributed by atoms with van der Waals surface area (Å²) in [7, 11) is 5.53. The SMILES string of the molecule is CC(C)C.CN1CCCCC1.COC[C@@H]1CCCN1C(=O)/C(C)=C/[C@H](C(C)C)N(C)C(=O)CNC=O. The van der Waals surface area contributed by atoms with Crippen LogP contribution in [0.2, 0.25) is 0 Å². The fourth-order valence-corrected chi connectivity index (χ4v) is 4.25. The Morgan fingerprint density at radius 3 is 2.08 bits per heavy atom. The zero-order valence-electron chi connectivity index (χ0n) is 24.5. The van der Waals surface area contributed by atoms with Gasteiger partial charge in [-0.15, -0.1) is 0 Å². The molecule has 2 fully saturated rings. The van der Waals surface area contributed by atoms with Crippen LogP contribution in [0.3, 0.4) is 0 Å². The number of amides is 3. The van der Waals surface area contributed by atoms with Crippen LogP contribution in [0.5, 0.6) is 0 Å².